The number of aliphatic hydroxyl groups excluding tert-OH is 1. The van der Waals surface area contributed by atoms with E-state index in [1.807, 2.05) is 45.9 Å². The average molecular weight is 553 g/mol. The highest BCUT2D eigenvalue weighted by molar-refractivity contribution is 5.82. The lowest BCUT2D eigenvalue weighted by atomic mass is 9.80. The molecule has 0 aliphatic heterocycles. The first-order valence-corrected chi connectivity index (χ1v) is 14.1. The SMILES string of the molecule is COCCCOc1cc(C[C@@H](C[C@H](NC(=O)[C@@H](N)C(C)C)[C@@H](O)C[C@H](C(=O)O)C(C)C)C(C)C)ccc1OC. The first kappa shape index (κ1) is 34.7. The van der Waals surface area contributed by atoms with Gasteiger partial charge in [0.05, 0.1) is 37.8 Å². The van der Waals surface area contributed by atoms with E-state index in [1.54, 1.807) is 14.2 Å². The molecule has 1 amide bonds. The smallest absolute Gasteiger partial charge is 0.306 e. The largest absolute Gasteiger partial charge is 0.493 e. The van der Waals surface area contributed by atoms with Gasteiger partial charge in [-0.25, -0.2) is 0 Å². The van der Waals surface area contributed by atoms with Crippen LogP contribution < -0.4 is 20.5 Å². The number of aliphatic hydroxyl groups is 1. The molecule has 0 unspecified atom stereocenters. The molecule has 39 heavy (non-hydrogen) atoms. The lowest BCUT2D eigenvalue weighted by Gasteiger charge is -2.33. The van der Waals surface area contributed by atoms with Crippen LogP contribution in [0.2, 0.25) is 0 Å². The lowest BCUT2D eigenvalue weighted by Crippen LogP contribution is -2.52. The number of carboxylic acids is 1. The van der Waals surface area contributed by atoms with Crippen molar-refractivity contribution in [3.8, 4) is 11.5 Å². The number of nitrogens with one attached hydrogen (secondary N) is 1. The molecule has 0 saturated heterocycles. The predicted octanol–water partition coefficient (Wildman–Crippen LogP) is 3.89. The van der Waals surface area contributed by atoms with Crippen molar-refractivity contribution in [3.63, 3.8) is 0 Å². The van der Waals surface area contributed by atoms with E-state index in [-0.39, 0.29) is 36.0 Å². The molecular weight excluding hydrogens is 500 g/mol. The van der Waals surface area contributed by atoms with Gasteiger partial charge in [0.1, 0.15) is 0 Å². The first-order valence-electron chi connectivity index (χ1n) is 14.1. The number of hydrogen-bond acceptors (Lipinski definition) is 7. The number of rotatable bonds is 19. The first-order chi connectivity index (χ1) is 18.3. The van der Waals surface area contributed by atoms with Crippen LogP contribution >= 0.6 is 0 Å². The van der Waals surface area contributed by atoms with E-state index < -0.39 is 30.1 Å². The molecule has 0 aliphatic rings. The van der Waals surface area contributed by atoms with Crippen LogP contribution in [-0.2, 0) is 20.7 Å². The summed E-state index contributed by atoms with van der Waals surface area (Å²) in [6.45, 7) is 12.7. The lowest BCUT2D eigenvalue weighted by molar-refractivity contribution is -0.144. The number of methoxy groups -OCH3 is 2. The van der Waals surface area contributed by atoms with Crippen molar-refractivity contribution in [2.24, 2.45) is 35.3 Å². The fourth-order valence-electron chi connectivity index (χ4n) is 4.54. The Morgan fingerprint density at radius 2 is 1.62 bits per heavy atom. The van der Waals surface area contributed by atoms with Crippen LogP contribution in [0.1, 0.15) is 66.4 Å². The standard InChI is InChI=1S/C30H52N2O7/c1-18(2)22(14-21-10-11-26(38-8)27(15-21)39-13-9-12-37-7)16-24(32-29(34)28(31)20(5)6)25(33)17-23(19(3)4)30(35)36/h10-11,15,18-20,22-25,28,33H,9,12-14,16-17,31H2,1-8H3,(H,32,34)(H,35,36)/t22-,23-,24-,25-,28-/m0/s1. The Kier molecular flexibility index (Phi) is 15.4. The molecule has 0 aromatic heterocycles. The van der Waals surface area contributed by atoms with Crippen molar-refractivity contribution in [1.82, 2.24) is 5.32 Å². The number of nitrogens with two attached hydrogens (primary N) is 1. The van der Waals surface area contributed by atoms with E-state index in [9.17, 15) is 19.8 Å². The zero-order valence-electron chi connectivity index (χ0n) is 25.1. The quantitative estimate of drug-likeness (QED) is 0.190. The zero-order chi connectivity index (χ0) is 29.7. The van der Waals surface area contributed by atoms with Crippen molar-refractivity contribution in [2.75, 3.05) is 27.4 Å². The van der Waals surface area contributed by atoms with E-state index in [1.165, 1.54) is 0 Å². The highest BCUT2D eigenvalue weighted by atomic mass is 16.5. The molecule has 0 spiro atoms. The molecule has 1 rings (SSSR count). The molecule has 0 bridgehead atoms. The summed E-state index contributed by atoms with van der Waals surface area (Å²) in [5, 5.41) is 23.9. The second-order valence-corrected chi connectivity index (χ2v) is 11.5. The number of amides is 1. The summed E-state index contributed by atoms with van der Waals surface area (Å²) in [7, 11) is 3.26. The zero-order valence-corrected chi connectivity index (χ0v) is 25.1. The molecule has 9 nitrogen and oxygen atoms in total. The van der Waals surface area contributed by atoms with Gasteiger partial charge in [-0.05, 0) is 60.6 Å². The Morgan fingerprint density at radius 3 is 2.13 bits per heavy atom. The minimum atomic E-state index is -1.03. The number of carbonyl (C=O) groups excluding carboxylic acids is 1. The molecule has 0 aliphatic carbocycles. The van der Waals surface area contributed by atoms with Gasteiger partial charge in [0.2, 0.25) is 5.91 Å². The van der Waals surface area contributed by atoms with Crippen molar-refractivity contribution < 1.29 is 34.0 Å². The molecule has 0 heterocycles. The summed E-state index contributed by atoms with van der Waals surface area (Å²) >= 11 is 0. The van der Waals surface area contributed by atoms with Crippen molar-refractivity contribution in [2.45, 2.75) is 85.4 Å². The number of hydrogen-bond donors (Lipinski definition) is 4. The van der Waals surface area contributed by atoms with E-state index in [0.717, 1.165) is 12.0 Å². The highest BCUT2D eigenvalue weighted by Gasteiger charge is 2.33. The minimum Gasteiger partial charge on any atom is -0.493 e. The van der Waals surface area contributed by atoms with Gasteiger partial charge in [-0.2, -0.15) is 0 Å². The molecule has 224 valence electrons. The Morgan fingerprint density at radius 1 is 0.949 bits per heavy atom. The average Bonchev–Trinajstić information content (AvgIpc) is 2.87. The maximum Gasteiger partial charge on any atom is 0.306 e. The van der Waals surface area contributed by atoms with Gasteiger partial charge in [0.25, 0.3) is 0 Å². The maximum atomic E-state index is 12.9. The van der Waals surface area contributed by atoms with Gasteiger partial charge in [-0.3, -0.25) is 9.59 Å². The van der Waals surface area contributed by atoms with E-state index >= 15 is 0 Å². The van der Waals surface area contributed by atoms with Crippen LogP contribution in [0, 0.1) is 29.6 Å². The molecule has 0 radical (unpaired) electrons. The number of carboxylic acid groups (broad SMARTS) is 1. The van der Waals surface area contributed by atoms with Gasteiger partial charge in [-0.1, -0.05) is 47.6 Å². The summed E-state index contributed by atoms with van der Waals surface area (Å²) < 4.78 is 16.5. The molecular formula is C30H52N2O7. The second-order valence-electron chi connectivity index (χ2n) is 11.5. The Hall–Kier alpha value is -2.36. The third-order valence-electron chi connectivity index (χ3n) is 7.41. The number of carbonyl (C=O) groups is 2. The molecule has 0 fully saturated rings. The molecule has 1 aromatic rings. The van der Waals surface area contributed by atoms with E-state index in [0.29, 0.717) is 37.6 Å². The summed E-state index contributed by atoms with van der Waals surface area (Å²) in [6, 6.07) is 4.48. The predicted molar refractivity (Wildman–Crippen MR) is 153 cm³/mol. The van der Waals surface area contributed by atoms with Crippen LogP contribution in [0.3, 0.4) is 0 Å². The molecule has 1 aromatic carbocycles. The van der Waals surface area contributed by atoms with Crippen LogP contribution in [0.25, 0.3) is 0 Å². The summed E-state index contributed by atoms with van der Waals surface area (Å²) in [5.41, 5.74) is 7.14. The molecule has 5 atom stereocenters. The maximum absolute atomic E-state index is 12.9. The van der Waals surface area contributed by atoms with Crippen LogP contribution in [0.5, 0.6) is 11.5 Å². The number of ether oxygens (including phenoxy) is 3. The fourth-order valence-corrected chi connectivity index (χ4v) is 4.54. The Labute approximate surface area is 234 Å². The topological polar surface area (TPSA) is 140 Å². The van der Waals surface area contributed by atoms with Crippen molar-refractivity contribution in [3.05, 3.63) is 23.8 Å². The summed E-state index contributed by atoms with van der Waals surface area (Å²) in [5.74, 6) is -0.650. The van der Waals surface area contributed by atoms with Gasteiger partial charge >= 0.3 is 5.97 Å². The van der Waals surface area contributed by atoms with Gasteiger partial charge < -0.3 is 35.5 Å². The second kappa shape index (κ2) is 17.4. The Bertz CT molecular complexity index is 875. The number of benzene rings is 1. The van der Waals surface area contributed by atoms with Gasteiger partial charge in [0.15, 0.2) is 11.5 Å². The number of aliphatic carboxylic acids is 1. The van der Waals surface area contributed by atoms with Crippen molar-refractivity contribution >= 4 is 11.9 Å². The minimum absolute atomic E-state index is 0.0433. The van der Waals surface area contributed by atoms with E-state index in [2.05, 4.69) is 19.2 Å². The van der Waals surface area contributed by atoms with Crippen molar-refractivity contribution in [1.29, 1.82) is 0 Å². The van der Waals surface area contributed by atoms with Crippen LogP contribution in [-0.4, -0.2) is 67.7 Å². The van der Waals surface area contributed by atoms with Crippen LogP contribution in [0.4, 0.5) is 0 Å². The fraction of sp³-hybridized carbons (Fsp3) is 0.733. The van der Waals surface area contributed by atoms with Crippen LogP contribution in [0.15, 0.2) is 18.2 Å². The van der Waals surface area contributed by atoms with Gasteiger partial charge in [0, 0.05) is 20.1 Å². The third kappa shape index (κ3) is 11.7. The summed E-state index contributed by atoms with van der Waals surface area (Å²) in [6.07, 6.45) is 0.910. The van der Waals surface area contributed by atoms with Gasteiger partial charge in [-0.15, -0.1) is 0 Å². The molecule has 5 N–H and O–H groups in total. The highest BCUT2D eigenvalue weighted by Crippen LogP contribution is 2.32. The van der Waals surface area contributed by atoms with E-state index in [4.69, 9.17) is 19.9 Å². The normalized spacial score (nSPS) is 15.6. The Balaban J connectivity index is 3.20. The summed E-state index contributed by atoms with van der Waals surface area (Å²) in [4.78, 5) is 24.8. The monoisotopic (exact) mass is 552 g/mol. The molecule has 9 heteroatoms. The molecule has 0 saturated carbocycles. The third-order valence-corrected chi connectivity index (χ3v) is 7.41.